The first kappa shape index (κ1) is 17.4. The molecule has 0 saturated carbocycles. The van der Waals surface area contributed by atoms with Gasteiger partial charge in [-0.25, -0.2) is 13.2 Å². The van der Waals surface area contributed by atoms with Crippen LogP contribution in [0.2, 0.25) is 0 Å². The molecule has 1 saturated heterocycles. The molecule has 1 fully saturated rings. The van der Waals surface area contributed by atoms with Crippen LogP contribution in [0, 0.1) is 10.1 Å². The van der Waals surface area contributed by atoms with Gasteiger partial charge in [0.1, 0.15) is 11.2 Å². The van der Waals surface area contributed by atoms with Gasteiger partial charge in [0.2, 0.25) is 0 Å². The van der Waals surface area contributed by atoms with Crippen LogP contribution in [0.4, 0.5) is 5.69 Å². The van der Waals surface area contributed by atoms with E-state index in [1.165, 1.54) is 19.2 Å². The number of ether oxygens (including phenoxy) is 1. The summed E-state index contributed by atoms with van der Waals surface area (Å²) < 4.78 is 27.6. The Labute approximate surface area is 143 Å². The zero-order valence-corrected chi connectivity index (χ0v) is 14.3. The molecule has 10 heteroatoms. The largest absolute Gasteiger partial charge is 0.464 e. The lowest BCUT2D eigenvalue weighted by molar-refractivity contribution is -0.383. The minimum Gasteiger partial charge on any atom is -0.464 e. The van der Waals surface area contributed by atoms with E-state index in [9.17, 15) is 23.3 Å². The van der Waals surface area contributed by atoms with Gasteiger partial charge in [-0.3, -0.25) is 15.0 Å². The van der Waals surface area contributed by atoms with E-state index in [0.717, 1.165) is 0 Å². The molecular formula is C15H17N3O6S. The van der Waals surface area contributed by atoms with Crippen molar-refractivity contribution in [2.24, 2.45) is 0 Å². The maximum Gasteiger partial charge on any atom is 0.354 e. The van der Waals surface area contributed by atoms with Crippen molar-refractivity contribution in [1.29, 1.82) is 0 Å². The molecule has 2 aromatic rings. The SMILES string of the molecule is COC(=O)c1cc2cc(CN3CCS(=O)(=O)CC3)cc([N+](=O)[O-])c2[nH]1. The van der Waals surface area contributed by atoms with Crippen molar-refractivity contribution in [2.45, 2.75) is 6.54 Å². The normalized spacial score (nSPS) is 17.5. The van der Waals surface area contributed by atoms with E-state index in [0.29, 0.717) is 30.6 Å². The van der Waals surface area contributed by atoms with Gasteiger partial charge in [0.15, 0.2) is 9.84 Å². The summed E-state index contributed by atoms with van der Waals surface area (Å²) in [6.07, 6.45) is 0. The lowest BCUT2D eigenvalue weighted by Crippen LogP contribution is -2.39. The fourth-order valence-electron chi connectivity index (χ4n) is 2.91. The molecule has 0 unspecified atom stereocenters. The lowest BCUT2D eigenvalue weighted by atomic mass is 10.1. The molecular weight excluding hydrogens is 350 g/mol. The number of rotatable bonds is 4. The highest BCUT2D eigenvalue weighted by Gasteiger charge is 2.23. The van der Waals surface area contributed by atoms with Crippen LogP contribution in [0.3, 0.4) is 0 Å². The Kier molecular flexibility index (Phi) is 4.48. The number of sulfone groups is 1. The van der Waals surface area contributed by atoms with E-state index < -0.39 is 20.7 Å². The number of fused-ring (bicyclic) bond motifs is 1. The maximum absolute atomic E-state index is 11.6. The number of carbonyl (C=O) groups excluding carboxylic acids is 1. The monoisotopic (exact) mass is 367 g/mol. The van der Waals surface area contributed by atoms with Crippen LogP contribution in [-0.2, 0) is 21.1 Å². The molecule has 3 rings (SSSR count). The highest BCUT2D eigenvalue weighted by atomic mass is 32.2. The molecule has 9 nitrogen and oxygen atoms in total. The van der Waals surface area contributed by atoms with Crippen LogP contribution >= 0.6 is 0 Å². The molecule has 1 aliphatic heterocycles. The van der Waals surface area contributed by atoms with E-state index in [2.05, 4.69) is 9.72 Å². The zero-order valence-electron chi connectivity index (χ0n) is 13.5. The Morgan fingerprint density at radius 1 is 1.32 bits per heavy atom. The van der Waals surface area contributed by atoms with Crippen molar-refractivity contribution in [3.05, 3.63) is 39.6 Å². The Morgan fingerprint density at radius 2 is 2.00 bits per heavy atom. The second-order valence-electron chi connectivity index (χ2n) is 5.94. The van der Waals surface area contributed by atoms with Crippen molar-refractivity contribution in [2.75, 3.05) is 31.7 Å². The molecule has 0 radical (unpaired) electrons. The molecule has 1 aromatic heterocycles. The summed E-state index contributed by atoms with van der Waals surface area (Å²) in [5.74, 6) is -0.421. The summed E-state index contributed by atoms with van der Waals surface area (Å²) in [5, 5.41) is 11.9. The van der Waals surface area contributed by atoms with Crippen molar-refractivity contribution >= 4 is 32.4 Å². The van der Waals surface area contributed by atoms with Gasteiger partial charge in [-0.1, -0.05) is 0 Å². The minimum atomic E-state index is -2.98. The maximum atomic E-state index is 11.6. The number of nitrogens with zero attached hydrogens (tertiary/aromatic N) is 2. The third-order valence-electron chi connectivity index (χ3n) is 4.21. The highest BCUT2D eigenvalue weighted by molar-refractivity contribution is 7.91. The second-order valence-corrected chi connectivity index (χ2v) is 8.24. The summed E-state index contributed by atoms with van der Waals surface area (Å²) in [7, 11) is -1.75. The Hall–Kier alpha value is -2.46. The van der Waals surface area contributed by atoms with E-state index in [-0.39, 0.29) is 28.4 Å². The first-order chi connectivity index (χ1) is 11.8. The number of methoxy groups -OCH3 is 1. The van der Waals surface area contributed by atoms with Crippen molar-refractivity contribution < 1.29 is 22.9 Å². The number of esters is 1. The van der Waals surface area contributed by atoms with E-state index in [1.807, 2.05) is 4.90 Å². The Balaban J connectivity index is 1.93. The number of aromatic nitrogens is 1. The number of benzene rings is 1. The molecule has 1 aromatic carbocycles. The first-order valence-electron chi connectivity index (χ1n) is 7.60. The molecule has 0 amide bonds. The number of carbonyl (C=O) groups is 1. The molecule has 0 bridgehead atoms. The third kappa shape index (κ3) is 3.64. The smallest absolute Gasteiger partial charge is 0.354 e. The number of hydrogen-bond donors (Lipinski definition) is 1. The van der Waals surface area contributed by atoms with Crippen LogP contribution in [-0.4, -0.2) is 60.9 Å². The summed E-state index contributed by atoms with van der Waals surface area (Å²) in [6.45, 7) is 1.20. The Bertz CT molecular complexity index is 936. The molecule has 1 N–H and O–H groups in total. The van der Waals surface area contributed by atoms with Crippen LogP contribution in [0.15, 0.2) is 18.2 Å². The lowest BCUT2D eigenvalue weighted by Gasteiger charge is -2.26. The second kappa shape index (κ2) is 6.45. The van der Waals surface area contributed by atoms with Crippen LogP contribution in [0.25, 0.3) is 10.9 Å². The molecule has 25 heavy (non-hydrogen) atoms. The Morgan fingerprint density at radius 3 is 2.60 bits per heavy atom. The first-order valence-corrected chi connectivity index (χ1v) is 9.42. The summed E-state index contributed by atoms with van der Waals surface area (Å²) in [4.78, 5) is 27.2. The minimum absolute atomic E-state index is 0.0913. The predicted octanol–water partition coefficient (Wildman–Crippen LogP) is 1.09. The van der Waals surface area contributed by atoms with E-state index >= 15 is 0 Å². The fourth-order valence-corrected chi connectivity index (χ4v) is 4.18. The highest BCUT2D eigenvalue weighted by Crippen LogP contribution is 2.29. The molecule has 0 aliphatic carbocycles. The van der Waals surface area contributed by atoms with Crippen molar-refractivity contribution in [3.8, 4) is 0 Å². The predicted molar refractivity (Wildman–Crippen MR) is 90.2 cm³/mol. The number of nitrogens with one attached hydrogen (secondary N) is 1. The average Bonchev–Trinajstić information content (AvgIpc) is 2.99. The summed E-state index contributed by atoms with van der Waals surface area (Å²) in [5.41, 5.74) is 0.957. The average molecular weight is 367 g/mol. The molecule has 0 atom stereocenters. The van der Waals surface area contributed by atoms with Crippen LogP contribution in [0.5, 0.6) is 0 Å². The van der Waals surface area contributed by atoms with Gasteiger partial charge in [-0.05, 0) is 17.7 Å². The third-order valence-corrected chi connectivity index (χ3v) is 5.82. The zero-order chi connectivity index (χ0) is 18.2. The number of non-ortho nitro benzene ring substituents is 1. The molecule has 0 spiro atoms. The topological polar surface area (TPSA) is 123 Å². The molecule has 2 heterocycles. The van der Waals surface area contributed by atoms with Gasteiger partial charge in [0.05, 0.1) is 23.5 Å². The van der Waals surface area contributed by atoms with Gasteiger partial charge in [-0.2, -0.15) is 0 Å². The fraction of sp³-hybridized carbons (Fsp3) is 0.400. The van der Waals surface area contributed by atoms with Crippen LogP contribution in [0.1, 0.15) is 16.1 Å². The van der Waals surface area contributed by atoms with Crippen LogP contribution < -0.4 is 0 Å². The number of H-pyrrole nitrogens is 1. The van der Waals surface area contributed by atoms with Crippen molar-refractivity contribution in [1.82, 2.24) is 9.88 Å². The molecule has 134 valence electrons. The van der Waals surface area contributed by atoms with Gasteiger partial charge >= 0.3 is 5.97 Å². The van der Waals surface area contributed by atoms with Crippen molar-refractivity contribution in [3.63, 3.8) is 0 Å². The number of hydrogen-bond acceptors (Lipinski definition) is 7. The molecule has 1 aliphatic rings. The standard InChI is InChI=1S/C15H17N3O6S/c1-24-15(19)12-8-11-6-10(7-13(18(20)21)14(11)16-12)9-17-2-4-25(22,23)5-3-17/h6-8,16H,2-5,9H2,1H3. The summed E-state index contributed by atoms with van der Waals surface area (Å²) in [6, 6.07) is 4.72. The van der Waals surface area contributed by atoms with E-state index in [1.54, 1.807) is 6.07 Å². The van der Waals surface area contributed by atoms with E-state index in [4.69, 9.17) is 0 Å². The van der Waals surface area contributed by atoms with Gasteiger partial charge in [0, 0.05) is 31.1 Å². The number of nitro benzene ring substituents is 1. The van der Waals surface area contributed by atoms with Gasteiger partial charge in [-0.15, -0.1) is 0 Å². The number of aromatic amines is 1. The quantitative estimate of drug-likeness (QED) is 0.487. The van der Waals surface area contributed by atoms with Gasteiger partial charge < -0.3 is 9.72 Å². The number of nitro groups is 1. The van der Waals surface area contributed by atoms with Gasteiger partial charge in [0.25, 0.3) is 5.69 Å². The summed E-state index contributed by atoms with van der Waals surface area (Å²) >= 11 is 0.